The molecular weight excluding hydrogens is 330 g/mol. The molecule has 0 spiro atoms. The van der Waals surface area contributed by atoms with Crippen molar-refractivity contribution in [1.29, 1.82) is 0 Å². The van der Waals surface area contributed by atoms with Crippen molar-refractivity contribution in [1.82, 2.24) is 4.90 Å². The van der Waals surface area contributed by atoms with Crippen LogP contribution in [0.3, 0.4) is 0 Å². The van der Waals surface area contributed by atoms with Crippen LogP contribution in [-0.4, -0.2) is 34.0 Å². The Bertz CT molecular complexity index is 787. The minimum atomic E-state index is -0.173. The van der Waals surface area contributed by atoms with Crippen LogP contribution >= 0.6 is 11.8 Å². The summed E-state index contributed by atoms with van der Waals surface area (Å²) < 4.78 is 0. The summed E-state index contributed by atoms with van der Waals surface area (Å²) in [5, 5.41) is 8.86. The van der Waals surface area contributed by atoms with E-state index in [1.54, 1.807) is 17.2 Å². The number of amidine groups is 1. The number of hydrogen-bond donors (Lipinski definition) is 0. The number of hydrogen-bond acceptors (Lipinski definition) is 4. The van der Waals surface area contributed by atoms with E-state index in [9.17, 15) is 4.79 Å². The summed E-state index contributed by atoms with van der Waals surface area (Å²) >= 11 is 1.46. The van der Waals surface area contributed by atoms with Crippen molar-refractivity contribution < 1.29 is 4.79 Å². The number of amides is 1. The van der Waals surface area contributed by atoms with Crippen LogP contribution in [-0.2, 0) is 11.2 Å². The van der Waals surface area contributed by atoms with Gasteiger partial charge in [-0.15, -0.1) is 11.7 Å². The largest absolute Gasteiger partial charge is 0.285 e. The third-order valence-electron chi connectivity index (χ3n) is 3.75. The quantitative estimate of drug-likeness (QED) is 0.453. The van der Waals surface area contributed by atoms with Gasteiger partial charge in [0.1, 0.15) is 0 Å². The SMILES string of the molecule is C=CCN1C(=O)C(Cc2ccccc2)SC1=NN=Cc1ccccc1. The molecule has 0 saturated carbocycles. The van der Waals surface area contributed by atoms with Gasteiger partial charge in [-0.1, -0.05) is 78.5 Å². The molecule has 2 aromatic rings. The lowest BCUT2D eigenvalue weighted by molar-refractivity contribution is -0.125. The molecule has 1 aliphatic rings. The van der Waals surface area contributed by atoms with Gasteiger partial charge in [0.05, 0.1) is 11.5 Å². The Kier molecular flexibility index (Phi) is 5.80. The molecule has 1 heterocycles. The van der Waals surface area contributed by atoms with E-state index in [0.29, 0.717) is 18.1 Å². The molecule has 1 unspecified atom stereocenters. The summed E-state index contributed by atoms with van der Waals surface area (Å²) in [4.78, 5) is 14.3. The number of benzene rings is 2. The second kappa shape index (κ2) is 8.44. The van der Waals surface area contributed by atoms with Crippen LogP contribution < -0.4 is 0 Å². The van der Waals surface area contributed by atoms with E-state index in [1.165, 1.54) is 11.8 Å². The number of nitrogens with zero attached hydrogens (tertiary/aromatic N) is 3. The van der Waals surface area contributed by atoms with E-state index < -0.39 is 0 Å². The minimum Gasteiger partial charge on any atom is -0.285 e. The van der Waals surface area contributed by atoms with Gasteiger partial charge in [0, 0.05) is 6.54 Å². The Labute approximate surface area is 152 Å². The lowest BCUT2D eigenvalue weighted by Gasteiger charge is -2.12. The van der Waals surface area contributed by atoms with Gasteiger partial charge in [-0.25, -0.2) is 0 Å². The Morgan fingerprint density at radius 3 is 2.44 bits per heavy atom. The normalized spacial score (nSPS) is 19.0. The second-order valence-electron chi connectivity index (χ2n) is 5.57. The second-order valence-corrected chi connectivity index (χ2v) is 6.74. The summed E-state index contributed by atoms with van der Waals surface area (Å²) in [5.41, 5.74) is 2.11. The van der Waals surface area contributed by atoms with E-state index in [1.807, 2.05) is 60.7 Å². The first-order valence-corrected chi connectivity index (χ1v) is 8.95. The molecule has 25 heavy (non-hydrogen) atoms. The zero-order chi connectivity index (χ0) is 17.5. The molecule has 2 aromatic carbocycles. The van der Waals surface area contributed by atoms with Gasteiger partial charge in [0.25, 0.3) is 0 Å². The van der Waals surface area contributed by atoms with Gasteiger partial charge in [-0.2, -0.15) is 5.10 Å². The number of thioether (sulfide) groups is 1. The smallest absolute Gasteiger partial charge is 0.242 e. The highest BCUT2D eigenvalue weighted by molar-refractivity contribution is 8.15. The van der Waals surface area contributed by atoms with Gasteiger partial charge in [0.15, 0.2) is 5.17 Å². The molecular formula is C20H19N3OS. The maximum atomic E-state index is 12.7. The van der Waals surface area contributed by atoms with Crippen LogP contribution in [0.4, 0.5) is 0 Å². The van der Waals surface area contributed by atoms with E-state index in [-0.39, 0.29) is 11.2 Å². The van der Waals surface area contributed by atoms with Crippen molar-refractivity contribution in [3.63, 3.8) is 0 Å². The molecule has 1 fully saturated rings. The predicted octanol–water partition coefficient (Wildman–Crippen LogP) is 3.75. The first kappa shape index (κ1) is 17.2. The van der Waals surface area contributed by atoms with Gasteiger partial charge in [-0.05, 0) is 17.5 Å². The van der Waals surface area contributed by atoms with E-state index >= 15 is 0 Å². The summed E-state index contributed by atoms with van der Waals surface area (Å²) in [6, 6.07) is 19.8. The third-order valence-corrected chi connectivity index (χ3v) is 4.91. The topological polar surface area (TPSA) is 45.0 Å². The van der Waals surface area contributed by atoms with Crippen molar-refractivity contribution in [3.05, 3.63) is 84.4 Å². The van der Waals surface area contributed by atoms with Crippen LogP contribution in [0.1, 0.15) is 11.1 Å². The Morgan fingerprint density at radius 2 is 1.76 bits per heavy atom. The fourth-order valence-electron chi connectivity index (χ4n) is 2.53. The fraction of sp³-hybridized carbons (Fsp3) is 0.150. The van der Waals surface area contributed by atoms with Crippen molar-refractivity contribution in [2.75, 3.05) is 6.54 Å². The van der Waals surface area contributed by atoms with Gasteiger partial charge < -0.3 is 0 Å². The molecule has 4 nitrogen and oxygen atoms in total. The van der Waals surface area contributed by atoms with Gasteiger partial charge >= 0.3 is 0 Å². The van der Waals surface area contributed by atoms with Crippen LogP contribution in [0.2, 0.25) is 0 Å². The predicted molar refractivity (Wildman–Crippen MR) is 105 cm³/mol. The van der Waals surface area contributed by atoms with Crippen LogP contribution in [0.5, 0.6) is 0 Å². The average Bonchev–Trinajstić information content (AvgIpc) is 2.93. The molecule has 0 N–H and O–H groups in total. The fourth-order valence-corrected chi connectivity index (χ4v) is 3.67. The van der Waals surface area contributed by atoms with Gasteiger partial charge in [-0.3, -0.25) is 9.69 Å². The first-order valence-electron chi connectivity index (χ1n) is 8.07. The molecule has 1 amide bonds. The molecule has 5 heteroatoms. The van der Waals surface area contributed by atoms with Crippen molar-refractivity contribution in [2.45, 2.75) is 11.7 Å². The summed E-state index contributed by atoms with van der Waals surface area (Å²) in [7, 11) is 0. The zero-order valence-electron chi connectivity index (χ0n) is 13.8. The summed E-state index contributed by atoms with van der Waals surface area (Å²) in [6.45, 7) is 4.17. The molecule has 0 radical (unpaired) electrons. The lowest BCUT2D eigenvalue weighted by Crippen LogP contribution is -2.32. The van der Waals surface area contributed by atoms with Crippen molar-refractivity contribution in [2.24, 2.45) is 10.2 Å². The monoisotopic (exact) mass is 349 g/mol. The molecule has 0 aromatic heterocycles. The molecule has 1 aliphatic heterocycles. The van der Waals surface area contributed by atoms with Crippen LogP contribution in [0, 0.1) is 0 Å². The molecule has 1 atom stereocenters. The maximum absolute atomic E-state index is 12.7. The van der Waals surface area contributed by atoms with Crippen molar-refractivity contribution >= 4 is 29.1 Å². The Balaban J connectivity index is 1.75. The average molecular weight is 349 g/mol. The van der Waals surface area contributed by atoms with Crippen LogP contribution in [0.25, 0.3) is 0 Å². The lowest BCUT2D eigenvalue weighted by atomic mass is 10.1. The number of carbonyl (C=O) groups is 1. The highest BCUT2D eigenvalue weighted by Crippen LogP contribution is 2.29. The summed E-state index contributed by atoms with van der Waals surface area (Å²) in [6.07, 6.45) is 4.08. The zero-order valence-corrected chi connectivity index (χ0v) is 14.6. The molecule has 126 valence electrons. The van der Waals surface area contributed by atoms with E-state index in [4.69, 9.17) is 0 Å². The highest BCUT2D eigenvalue weighted by Gasteiger charge is 2.37. The maximum Gasteiger partial charge on any atom is 0.242 e. The first-order chi connectivity index (χ1) is 12.3. The number of carbonyl (C=O) groups excluding carboxylic acids is 1. The van der Waals surface area contributed by atoms with Crippen LogP contribution in [0.15, 0.2) is 83.5 Å². The highest BCUT2D eigenvalue weighted by atomic mass is 32.2. The molecule has 3 rings (SSSR count). The molecule has 0 bridgehead atoms. The van der Waals surface area contributed by atoms with E-state index in [2.05, 4.69) is 16.8 Å². The molecule has 0 aliphatic carbocycles. The molecule has 1 saturated heterocycles. The van der Waals surface area contributed by atoms with Crippen molar-refractivity contribution in [3.8, 4) is 0 Å². The van der Waals surface area contributed by atoms with Gasteiger partial charge in [0.2, 0.25) is 5.91 Å². The Hall–Kier alpha value is -2.66. The minimum absolute atomic E-state index is 0.0578. The number of rotatable bonds is 6. The van der Waals surface area contributed by atoms with E-state index in [0.717, 1.165) is 11.1 Å². The standard InChI is InChI=1S/C20H19N3OS/c1-2-13-23-19(24)18(14-16-9-5-3-6-10-16)25-20(23)22-21-15-17-11-7-4-8-12-17/h2-12,15,18H,1,13-14H2. The Morgan fingerprint density at radius 1 is 1.08 bits per heavy atom. The third kappa shape index (κ3) is 4.45. The summed E-state index contributed by atoms with van der Waals surface area (Å²) in [5.74, 6) is 0.0578.